The van der Waals surface area contributed by atoms with Crippen molar-refractivity contribution < 1.29 is 9.53 Å². The molecule has 0 aliphatic carbocycles. The van der Waals surface area contributed by atoms with E-state index in [9.17, 15) is 4.79 Å². The Bertz CT molecular complexity index is 1100. The normalized spacial score (nSPS) is 16.2. The first-order valence-electron chi connectivity index (χ1n) is 10.9. The monoisotopic (exact) mass is 434 g/mol. The number of benzene rings is 1. The Hall–Kier alpha value is -3.26. The van der Waals surface area contributed by atoms with Crippen LogP contribution in [0.4, 0.5) is 5.95 Å². The van der Waals surface area contributed by atoms with Crippen LogP contribution in [0.15, 0.2) is 43.0 Å². The average Bonchev–Trinajstić information content (AvgIpc) is 3.45. The molecule has 0 bridgehead atoms. The maximum absolute atomic E-state index is 12.7. The third-order valence-corrected chi connectivity index (χ3v) is 5.51. The predicted octanol–water partition coefficient (Wildman–Crippen LogP) is 3.40. The highest BCUT2D eigenvalue weighted by Gasteiger charge is 2.18. The van der Waals surface area contributed by atoms with E-state index in [1.807, 2.05) is 19.1 Å². The second-order valence-electron chi connectivity index (χ2n) is 9.20. The first-order chi connectivity index (χ1) is 15.3. The first kappa shape index (κ1) is 22.0. The molecule has 1 atom stereocenters. The largest absolute Gasteiger partial charge is 0.379 e. The molecule has 3 heterocycles. The molecule has 8 heteroatoms. The van der Waals surface area contributed by atoms with E-state index in [-0.39, 0.29) is 17.4 Å². The van der Waals surface area contributed by atoms with Crippen LogP contribution in [0.1, 0.15) is 54.4 Å². The van der Waals surface area contributed by atoms with Gasteiger partial charge in [-0.2, -0.15) is 4.98 Å². The van der Waals surface area contributed by atoms with Crippen molar-refractivity contribution in [1.82, 2.24) is 24.8 Å². The zero-order valence-electron chi connectivity index (χ0n) is 19.1. The molecule has 1 amide bonds. The van der Waals surface area contributed by atoms with Crippen molar-refractivity contribution in [3.8, 4) is 5.82 Å². The zero-order chi connectivity index (χ0) is 22.7. The van der Waals surface area contributed by atoms with Crippen LogP contribution in [0.3, 0.4) is 0 Å². The van der Waals surface area contributed by atoms with Crippen molar-refractivity contribution in [3.63, 3.8) is 0 Å². The smallest absolute Gasteiger partial charge is 0.271 e. The molecular weight excluding hydrogens is 404 g/mol. The fourth-order valence-corrected chi connectivity index (χ4v) is 3.57. The molecule has 1 aliphatic rings. The van der Waals surface area contributed by atoms with Crippen LogP contribution < -0.4 is 10.6 Å². The molecule has 1 fully saturated rings. The van der Waals surface area contributed by atoms with E-state index in [2.05, 4.69) is 58.5 Å². The first-order valence-corrected chi connectivity index (χ1v) is 10.9. The van der Waals surface area contributed by atoms with Crippen LogP contribution in [-0.4, -0.2) is 44.7 Å². The van der Waals surface area contributed by atoms with Crippen LogP contribution >= 0.6 is 0 Å². The molecule has 0 saturated carbocycles. The predicted molar refractivity (Wildman–Crippen MR) is 123 cm³/mol. The fraction of sp³-hybridized carbons (Fsp3) is 0.417. The molecule has 8 nitrogen and oxygen atoms in total. The summed E-state index contributed by atoms with van der Waals surface area (Å²) in [7, 11) is 0. The second-order valence-corrected chi connectivity index (χ2v) is 9.20. The van der Waals surface area contributed by atoms with Crippen LogP contribution in [0.5, 0.6) is 0 Å². The minimum atomic E-state index is -0.224. The van der Waals surface area contributed by atoms with Crippen molar-refractivity contribution in [2.24, 2.45) is 0 Å². The van der Waals surface area contributed by atoms with Crippen molar-refractivity contribution in [1.29, 1.82) is 0 Å². The van der Waals surface area contributed by atoms with Gasteiger partial charge in [0.15, 0.2) is 0 Å². The highest BCUT2D eigenvalue weighted by molar-refractivity contribution is 5.92. The maximum atomic E-state index is 12.7. The average molecular weight is 435 g/mol. The Labute approximate surface area is 188 Å². The molecular formula is C24H30N6O2. The number of hydrogen-bond acceptors (Lipinski definition) is 6. The number of carbonyl (C=O) groups excluding carboxylic acids is 1. The van der Waals surface area contributed by atoms with E-state index in [1.54, 1.807) is 23.3 Å². The van der Waals surface area contributed by atoms with Crippen molar-refractivity contribution in [2.45, 2.75) is 52.1 Å². The lowest BCUT2D eigenvalue weighted by atomic mass is 9.86. The minimum absolute atomic E-state index is 0.0622. The Morgan fingerprint density at radius 3 is 2.88 bits per heavy atom. The van der Waals surface area contributed by atoms with Gasteiger partial charge in [0, 0.05) is 31.1 Å². The molecule has 0 radical (unpaired) electrons. The minimum Gasteiger partial charge on any atom is -0.379 e. The lowest BCUT2D eigenvalue weighted by Crippen LogP contribution is -2.23. The van der Waals surface area contributed by atoms with Crippen LogP contribution in [0, 0.1) is 6.92 Å². The zero-order valence-corrected chi connectivity index (χ0v) is 19.1. The van der Waals surface area contributed by atoms with Gasteiger partial charge in [-0.25, -0.2) is 9.97 Å². The summed E-state index contributed by atoms with van der Waals surface area (Å²) in [6, 6.07) is 8.50. The number of aryl methyl sites for hydroxylation is 1. The van der Waals surface area contributed by atoms with Gasteiger partial charge in [0.1, 0.15) is 17.8 Å². The Kier molecular flexibility index (Phi) is 6.23. The number of hydrogen-bond donors (Lipinski definition) is 2. The van der Waals surface area contributed by atoms with Crippen LogP contribution in [0.2, 0.25) is 0 Å². The van der Waals surface area contributed by atoms with E-state index in [4.69, 9.17) is 4.74 Å². The molecule has 3 aromatic rings. The molecule has 168 valence electrons. The number of imidazole rings is 1. The number of nitrogens with zero attached hydrogens (tertiary/aromatic N) is 4. The molecule has 1 aliphatic heterocycles. The van der Waals surface area contributed by atoms with Crippen molar-refractivity contribution >= 4 is 11.9 Å². The number of amides is 1. The van der Waals surface area contributed by atoms with E-state index in [0.29, 0.717) is 30.6 Å². The van der Waals surface area contributed by atoms with Gasteiger partial charge < -0.3 is 15.4 Å². The summed E-state index contributed by atoms with van der Waals surface area (Å²) in [4.78, 5) is 26.0. The van der Waals surface area contributed by atoms with Gasteiger partial charge in [0.2, 0.25) is 5.95 Å². The van der Waals surface area contributed by atoms with Gasteiger partial charge in [-0.15, -0.1) is 0 Å². The van der Waals surface area contributed by atoms with Gasteiger partial charge in [-0.05, 0) is 29.9 Å². The molecule has 0 spiro atoms. The van der Waals surface area contributed by atoms with Gasteiger partial charge in [-0.1, -0.05) is 45.0 Å². The van der Waals surface area contributed by atoms with Crippen LogP contribution in [-0.2, 0) is 16.7 Å². The topological polar surface area (TPSA) is 94.0 Å². The van der Waals surface area contributed by atoms with E-state index >= 15 is 0 Å². The lowest BCUT2D eigenvalue weighted by Gasteiger charge is -2.19. The fourth-order valence-electron chi connectivity index (χ4n) is 3.57. The molecule has 4 rings (SSSR count). The number of nitrogens with one attached hydrogen (secondary N) is 2. The van der Waals surface area contributed by atoms with Crippen molar-refractivity contribution in [2.75, 3.05) is 18.5 Å². The molecule has 2 N–H and O–H groups in total. The quantitative estimate of drug-likeness (QED) is 0.618. The summed E-state index contributed by atoms with van der Waals surface area (Å²) >= 11 is 0. The molecule has 32 heavy (non-hydrogen) atoms. The Morgan fingerprint density at radius 2 is 2.12 bits per heavy atom. The maximum Gasteiger partial charge on any atom is 0.271 e. The standard InChI is InChI=1S/C24H30N6O2/c1-16-11-26-23(28-19-8-9-32-14-19)29-21(16)30-13-20(27-15-30)22(31)25-12-17-6-5-7-18(10-17)24(2,3)4/h5-7,10-11,13,15,19H,8-9,12,14H2,1-4H3,(H,25,31)(H,26,28,29). The highest BCUT2D eigenvalue weighted by Crippen LogP contribution is 2.23. The molecule has 1 saturated heterocycles. The number of ether oxygens (including phenoxy) is 1. The summed E-state index contributed by atoms with van der Waals surface area (Å²) in [6.07, 6.45) is 5.99. The van der Waals surface area contributed by atoms with Gasteiger partial charge in [-0.3, -0.25) is 9.36 Å². The molecule has 2 aromatic heterocycles. The van der Waals surface area contributed by atoms with E-state index < -0.39 is 0 Å². The SMILES string of the molecule is Cc1cnc(NC2CCOC2)nc1-n1cnc(C(=O)NCc2cccc(C(C)(C)C)c2)c1. The summed E-state index contributed by atoms with van der Waals surface area (Å²) in [5.41, 5.74) is 3.59. The molecule has 1 aromatic carbocycles. The lowest BCUT2D eigenvalue weighted by molar-refractivity contribution is 0.0946. The van der Waals surface area contributed by atoms with Gasteiger partial charge in [0.05, 0.1) is 12.6 Å². The van der Waals surface area contributed by atoms with E-state index in [1.165, 1.54) is 5.56 Å². The summed E-state index contributed by atoms with van der Waals surface area (Å²) in [5.74, 6) is 1.00. The number of carbonyl (C=O) groups is 1. The van der Waals surface area contributed by atoms with E-state index in [0.717, 1.165) is 24.2 Å². The Morgan fingerprint density at radius 1 is 1.28 bits per heavy atom. The Balaban J connectivity index is 1.44. The van der Waals surface area contributed by atoms with Crippen molar-refractivity contribution in [3.05, 3.63) is 65.4 Å². The highest BCUT2D eigenvalue weighted by atomic mass is 16.5. The number of aromatic nitrogens is 4. The summed E-state index contributed by atoms with van der Waals surface area (Å²) < 4.78 is 7.15. The molecule has 1 unspecified atom stereocenters. The van der Waals surface area contributed by atoms with Gasteiger partial charge >= 0.3 is 0 Å². The number of anilines is 1. The summed E-state index contributed by atoms with van der Waals surface area (Å²) in [5, 5.41) is 6.26. The number of rotatable bonds is 6. The van der Waals surface area contributed by atoms with Gasteiger partial charge in [0.25, 0.3) is 5.91 Å². The third kappa shape index (κ3) is 5.13. The second kappa shape index (κ2) is 9.08. The van der Waals surface area contributed by atoms with Crippen LogP contribution in [0.25, 0.3) is 5.82 Å². The third-order valence-electron chi connectivity index (χ3n) is 5.51. The summed E-state index contributed by atoms with van der Waals surface area (Å²) in [6.45, 7) is 10.3.